The first-order chi connectivity index (χ1) is 9.13. The topological polar surface area (TPSA) is 32.7 Å². The van der Waals surface area contributed by atoms with Crippen LogP contribution in [0.4, 0.5) is 0 Å². The first-order valence-electron chi connectivity index (χ1n) is 7.35. The first-order valence-corrected chi connectivity index (χ1v) is 7.35. The van der Waals surface area contributed by atoms with E-state index in [1.165, 1.54) is 24.0 Å². The van der Waals surface area contributed by atoms with Gasteiger partial charge >= 0.3 is 0 Å². The van der Waals surface area contributed by atoms with Gasteiger partial charge in [-0.3, -0.25) is 4.90 Å². The van der Waals surface area contributed by atoms with Crippen LogP contribution in [0.5, 0.6) is 5.75 Å². The van der Waals surface area contributed by atoms with E-state index in [9.17, 15) is 5.11 Å². The number of phenols is 1. The number of phenolic OH excluding ortho intramolecular Hbond substituents is 1. The van der Waals surface area contributed by atoms with Gasteiger partial charge < -0.3 is 9.84 Å². The number of fused-ring (bicyclic) bond motifs is 1. The molecule has 1 aliphatic carbocycles. The second kappa shape index (κ2) is 5.14. The van der Waals surface area contributed by atoms with Gasteiger partial charge in [-0.15, -0.1) is 0 Å². The van der Waals surface area contributed by atoms with Crippen molar-refractivity contribution in [1.82, 2.24) is 4.90 Å². The molecule has 19 heavy (non-hydrogen) atoms. The van der Waals surface area contributed by atoms with E-state index in [-0.39, 0.29) is 0 Å². The lowest BCUT2D eigenvalue weighted by molar-refractivity contribution is -0.0827. The summed E-state index contributed by atoms with van der Waals surface area (Å²) in [5.74, 6) is 0.392. The Balaban J connectivity index is 1.86. The summed E-state index contributed by atoms with van der Waals surface area (Å²) in [6.45, 7) is 6.33. The van der Waals surface area contributed by atoms with Gasteiger partial charge in [0.15, 0.2) is 0 Å². The zero-order chi connectivity index (χ0) is 13.4. The molecular formula is C16H23NO2. The molecule has 0 radical (unpaired) electrons. The Morgan fingerprint density at radius 2 is 1.95 bits per heavy atom. The van der Waals surface area contributed by atoms with Crippen molar-refractivity contribution < 1.29 is 9.84 Å². The number of aromatic hydroxyl groups is 1. The van der Waals surface area contributed by atoms with E-state index in [1.807, 2.05) is 12.1 Å². The van der Waals surface area contributed by atoms with Crippen molar-refractivity contribution in [2.24, 2.45) is 0 Å². The van der Waals surface area contributed by atoms with Crippen molar-refractivity contribution in [1.29, 1.82) is 0 Å². The van der Waals surface area contributed by atoms with E-state index in [1.54, 1.807) is 0 Å². The average Bonchev–Trinajstić information content (AvgIpc) is 2.36. The zero-order valence-electron chi connectivity index (χ0n) is 11.8. The van der Waals surface area contributed by atoms with Gasteiger partial charge in [0.05, 0.1) is 12.2 Å². The summed E-state index contributed by atoms with van der Waals surface area (Å²) < 4.78 is 5.83. The quantitative estimate of drug-likeness (QED) is 0.843. The Hall–Kier alpha value is -1.06. The van der Waals surface area contributed by atoms with Gasteiger partial charge in [0.2, 0.25) is 0 Å². The third-order valence-corrected chi connectivity index (χ3v) is 4.30. The Morgan fingerprint density at radius 3 is 2.68 bits per heavy atom. The number of rotatable bonds is 1. The summed E-state index contributed by atoms with van der Waals surface area (Å²) in [4.78, 5) is 2.56. The first kappa shape index (κ1) is 12.9. The van der Waals surface area contributed by atoms with Crippen molar-refractivity contribution in [2.45, 2.75) is 51.4 Å². The maximum absolute atomic E-state index is 9.64. The maximum atomic E-state index is 9.64. The molecule has 3 nitrogen and oxygen atoms in total. The second-order valence-electron chi connectivity index (χ2n) is 6.00. The van der Waals surface area contributed by atoms with Crippen LogP contribution in [0.3, 0.4) is 0 Å². The van der Waals surface area contributed by atoms with Gasteiger partial charge in [0, 0.05) is 19.1 Å². The van der Waals surface area contributed by atoms with E-state index in [0.717, 1.165) is 19.5 Å². The molecule has 1 heterocycles. The molecule has 3 atom stereocenters. The molecule has 3 heteroatoms. The van der Waals surface area contributed by atoms with Crippen LogP contribution in [0.1, 0.15) is 43.9 Å². The van der Waals surface area contributed by atoms with E-state index in [4.69, 9.17) is 4.74 Å². The highest BCUT2D eigenvalue weighted by atomic mass is 16.5. The molecule has 0 amide bonds. The molecule has 2 aliphatic rings. The van der Waals surface area contributed by atoms with E-state index >= 15 is 0 Å². The number of benzene rings is 1. The Morgan fingerprint density at radius 1 is 1.21 bits per heavy atom. The lowest BCUT2D eigenvalue weighted by Crippen LogP contribution is -2.47. The molecule has 1 fully saturated rings. The summed E-state index contributed by atoms with van der Waals surface area (Å²) in [6.07, 6.45) is 4.14. The summed E-state index contributed by atoms with van der Waals surface area (Å²) >= 11 is 0. The van der Waals surface area contributed by atoms with Crippen molar-refractivity contribution in [3.8, 4) is 5.75 Å². The van der Waals surface area contributed by atoms with Gasteiger partial charge in [-0.1, -0.05) is 6.07 Å². The van der Waals surface area contributed by atoms with E-state index < -0.39 is 0 Å². The lowest BCUT2D eigenvalue weighted by atomic mass is 9.86. The monoisotopic (exact) mass is 261 g/mol. The summed E-state index contributed by atoms with van der Waals surface area (Å²) in [5, 5.41) is 9.64. The number of hydrogen-bond acceptors (Lipinski definition) is 3. The van der Waals surface area contributed by atoms with Crippen LogP contribution in [0.25, 0.3) is 0 Å². The van der Waals surface area contributed by atoms with Crippen LogP contribution in [-0.4, -0.2) is 35.3 Å². The van der Waals surface area contributed by atoms with Crippen molar-refractivity contribution in [3.63, 3.8) is 0 Å². The number of nitrogens with zero attached hydrogens (tertiary/aromatic N) is 1. The van der Waals surface area contributed by atoms with Crippen LogP contribution in [-0.2, 0) is 11.2 Å². The van der Waals surface area contributed by atoms with Crippen molar-refractivity contribution in [3.05, 3.63) is 29.3 Å². The summed E-state index contributed by atoms with van der Waals surface area (Å²) in [5.41, 5.74) is 2.73. The minimum Gasteiger partial charge on any atom is -0.508 e. The highest BCUT2D eigenvalue weighted by molar-refractivity contribution is 5.38. The smallest absolute Gasteiger partial charge is 0.115 e. The van der Waals surface area contributed by atoms with Crippen LogP contribution < -0.4 is 0 Å². The molecule has 1 N–H and O–H groups in total. The van der Waals surface area contributed by atoms with Crippen LogP contribution in [0.15, 0.2) is 18.2 Å². The Bertz CT molecular complexity index is 450. The van der Waals surface area contributed by atoms with Gasteiger partial charge in [0.25, 0.3) is 0 Å². The molecule has 1 aromatic carbocycles. The van der Waals surface area contributed by atoms with Crippen molar-refractivity contribution >= 4 is 0 Å². The molecule has 1 aliphatic heterocycles. The fourth-order valence-electron chi connectivity index (χ4n) is 3.63. The molecular weight excluding hydrogens is 238 g/mol. The highest BCUT2D eigenvalue weighted by Crippen LogP contribution is 2.37. The van der Waals surface area contributed by atoms with Gasteiger partial charge in [-0.05, 0) is 56.4 Å². The lowest BCUT2D eigenvalue weighted by Gasteiger charge is -2.42. The SMILES string of the molecule is CC1CN(C2CCCc3cc(O)ccc32)CC(C)O1. The largest absolute Gasteiger partial charge is 0.508 e. The Kier molecular flexibility index (Phi) is 3.50. The summed E-state index contributed by atoms with van der Waals surface area (Å²) in [6, 6.07) is 6.37. The molecule has 1 aromatic rings. The molecule has 1 saturated heterocycles. The van der Waals surface area contributed by atoms with Crippen LogP contribution in [0, 0.1) is 0 Å². The predicted octanol–water partition coefficient (Wildman–Crippen LogP) is 2.88. The minimum absolute atomic E-state index is 0.311. The maximum Gasteiger partial charge on any atom is 0.115 e. The van der Waals surface area contributed by atoms with Crippen LogP contribution >= 0.6 is 0 Å². The average molecular weight is 261 g/mol. The standard InChI is InChI=1S/C16H23NO2/c1-11-9-17(10-12(2)19-11)16-5-3-4-13-8-14(18)6-7-15(13)16/h6-8,11-12,16,18H,3-5,9-10H2,1-2H3. The number of hydrogen-bond donors (Lipinski definition) is 1. The minimum atomic E-state index is 0.311. The van der Waals surface area contributed by atoms with E-state index in [2.05, 4.69) is 24.8 Å². The molecule has 104 valence electrons. The number of morpholine rings is 1. The van der Waals surface area contributed by atoms with Crippen LogP contribution in [0.2, 0.25) is 0 Å². The number of ether oxygens (including phenoxy) is 1. The molecule has 3 unspecified atom stereocenters. The van der Waals surface area contributed by atoms with E-state index in [0.29, 0.717) is 24.0 Å². The zero-order valence-corrected chi connectivity index (χ0v) is 11.8. The highest BCUT2D eigenvalue weighted by Gasteiger charge is 2.31. The number of aryl methyl sites for hydroxylation is 1. The fourth-order valence-corrected chi connectivity index (χ4v) is 3.63. The molecule has 3 rings (SSSR count). The van der Waals surface area contributed by atoms with Gasteiger partial charge in [-0.25, -0.2) is 0 Å². The molecule has 0 spiro atoms. The predicted molar refractivity (Wildman–Crippen MR) is 75.4 cm³/mol. The third kappa shape index (κ3) is 2.63. The molecule has 0 bridgehead atoms. The normalized spacial score (nSPS) is 32.0. The Labute approximate surface area is 115 Å². The molecule has 0 aromatic heterocycles. The van der Waals surface area contributed by atoms with Crippen molar-refractivity contribution in [2.75, 3.05) is 13.1 Å². The fraction of sp³-hybridized carbons (Fsp3) is 0.625. The van der Waals surface area contributed by atoms with Gasteiger partial charge in [-0.2, -0.15) is 0 Å². The van der Waals surface area contributed by atoms with Gasteiger partial charge in [0.1, 0.15) is 5.75 Å². The molecule has 0 saturated carbocycles. The second-order valence-corrected chi connectivity index (χ2v) is 6.00. The third-order valence-electron chi connectivity index (χ3n) is 4.30. The summed E-state index contributed by atoms with van der Waals surface area (Å²) in [7, 11) is 0.